The van der Waals surface area contributed by atoms with E-state index in [0.717, 1.165) is 12.8 Å². The maximum absolute atomic E-state index is 12.4. The van der Waals surface area contributed by atoms with Crippen molar-refractivity contribution in [2.24, 2.45) is 5.92 Å². The lowest BCUT2D eigenvalue weighted by Gasteiger charge is -2.33. The van der Waals surface area contributed by atoms with Gasteiger partial charge in [0.2, 0.25) is 0 Å². The normalized spacial score (nSPS) is 16.8. The van der Waals surface area contributed by atoms with Gasteiger partial charge >= 0.3 is 6.03 Å². The first-order valence-corrected chi connectivity index (χ1v) is 8.53. The number of amides is 3. The van der Waals surface area contributed by atoms with Crippen LogP contribution in [0.15, 0.2) is 30.3 Å². The molecule has 2 rings (SSSR count). The van der Waals surface area contributed by atoms with Gasteiger partial charge in [-0.05, 0) is 30.9 Å². The number of piperidine rings is 1. The van der Waals surface area contributed by atoms with Crippen LogP contribution in [0.2, 0.25) is 0 Å². The van der Waals surface area contributed by atoms with Crippen LogP contribution in [0.1, 0.15) is 37.0 Å². The summed E-state index contributed by atoms with van der Waals surface area (Å²) in [6.07, 6.45) is 1.47. The predicted octanol–water partition coefficient (Wildman–Crippen LogP) is 1.61. The van der Waals surface area contributed by atoms with Crippen LogP contribution >= 0.6 is 0 Å². The maximum atomic E-state index is 12.4. The standard InChI is InChI=1S/C18H27N3O3/c1-13(2)16(12-22)20-18(24)19-15-8-10-21(11-9-15)17(23)14-6-4-3-5-7-14/h3-7,13,15-16,22H,8-12H2,1-2H3,(H2,19,20,24)/t16-/m1/s1. The number of hydrogen-bond acceptors (Lipinski definition) is 3. The molecule has 24 heavy (non-hydrogen) atoms. The minimum Gasteiger partial charge on any atom is -0.394 e. The average molecular weight is 333 g/mol. The third-order valence-corrected chi connectivity index (χ3v) is 4.46. The van der Waals surface area contributed by atoms with E-state index in [1.165, 1.54) is 0 Å². The van der Waals surface area contributed by atoms with Gasteiger partial charge in [0.15, 0.2) is 0 Å². The number of nitrogens with zero attached hydrogens (tertiary/aromatic N) is 1. The largest absolute Gasteiger partial charge is 0.394 e. The van der Waals surface area contributed by atoms with Gasteiger partial charge in [-0.1, -0.05) is 32.0 Å². The molecule has 3 N–H and O–H groups in total. The fraction of sp³-hybridized carbons (Fsp3) is 0.556. The number of aliphatic hydroxyl groups excluding tert-OH is 1. The molecule has 1 saturated heterocycles. The van der Waals surface area contributed by atoms with Crippen LogP contribution in [-0.2, 0) is 0 Å². The molecule has 1 heterocycles. The first-order valence-electron chi connectivity index (χ1n) is 8.53. The number of urea groups is 1. The number of benzene rings is 1. The van der Waals surface area contributed by atoms with Crippen molar-refractivity contribution in [1.29, 1.82) is 0 Å². The summed E-state index contributed by atoms with van der Waals surface area (Å²) < 4.78 is 0. The molecule has 1 fully saturated rings. The Morgan fingerprint density at radius 2 is 1.83 bits per heavy atom. The van der Waals surface area contributed by atoms with E-state index in [-0.39, 0.29) is 36.5 Å². The Hall–Kier alpha value is -2.08. The minimum atomic E-state index is -0.254. The van der Waals surface area contributed by atoms with Gasteiger partial charge in [0.25, 0.3) is 5.91 Å². The lowest BCUT2D eigenvalue weighted by atomic mass is 10.0. The Balaban J connectivity index is 1.78. The Morgan fingerprint density at radius 3 is 2.38 bits per heavy atom. The van der Waals surface area contributed by atoms with Gasteiger partial charge in [-0.25, -0.2) is 4.79 Å². The van der Waals surface area contributed by atoms with Crippen molar-refractivity contribution in [3.63, 3.8) is 0 Å². The molecule has 1 aliphatic heterocycles. The van der Waals surface area contributed by atoms with E-state index in [2.05, 4.69) is 10.6 Å². The first kappa shape index (κ1) is 18.3. The number of hydrogen-bond donors (Lipinski definition) is 3. The topological polar surface area (TPSA) is 81.7 Å². The van der Waals surface area contributed by atoms with E-state index >= 15 is 0 Å². The van der Waals surface area contributed by atoms with Crippen molar-refractivity contribution in [2.75, 3.05) is 19.7 Å². The second-order valence-electron chi connectivity index (χ2n) is 6.58. The van der Waals surface area contributed by atoms with Gasteiger partial charge in [-0.2, -0.15) is 0 Å². The van der Waals surface area contributed by atoms with Gasteiger partial charge in [0.05, 0.1) is 12.6 Å². The molecule has 1 aliphatic rings. The minimum absolute atomic E-state index is 0.0404. The van der Waals surface area contributed by atoms with Gasteiger partial charge in [-0.15, -0.1) is 0 Å². The monoisotopic (exact) mass is 333 g/mol. The van der Waals surface area contributed by atoms with Crippen molar-refractivity contribution in [1.82, 2.24) is 15.5 Å². The van der Waals surface area contributed by atoms with Gasteiger partial charge in [-0.3, -0.25) is 4.79 Å². The second-order valence-corrected chi connectivity index (χ2v) is 6.58. The Kier molecular flexibility index (Phi) is 6.61. The molecule has 0 radical (unpaired) electrons. The van der Waals surface area contributed by atoms with Crippen LogP contribution in [0.25, 0.3) is 0 Å². The molecule has 0 unspecified atom stereocenters. The molecule has 0 aliphatic carbocycles. The molecule has 0 saturated carbocycles. The Labute approximate surface area is 143 Å². The Morgan fingerprint density at radius 1 is 1.21 bits per heavy atom. The van der Waals surface area contributed by atoms with Crippen molar-refractivity contribution in [2.45, 2.75) is 38.8 Å². The molecular weight excluding hydrogens is 306 g/mol. The van der Waals surface area contributed by atoms with Crippen LogP contribution in [0, 0.1) is 5.92 Å². The number of likely N-dealkylation sites (tertiary alicyclic amines) is 1. The van der Waals surface area contributed by atoms with Crippen LogP contribution < -0.4 is 10.6 Å². The quantitative estimate of drug-likeness (QED) is 0.766. The molecule has 1 atom stereocenters. The van der Waals surface area contributed by atoms with E-state index < -0.39 is 0 Å². The summed E-state index contributed by atoms with van der Waals surface area (Å²) in [5.74, 6) is 0.213. The van der Waals surface area contributed by atoms with Crippen molar-refractivity contribution < 1.29 is 14.7 Å². The lowest BCUT2D eigenvalue weighted by Crippen LogP contribution is -2.52. The fourth-order valence-electron chi connectivity index (χ4n) is 2.81. The molecule has 0 bridgehead atoms. The molecule has 1 aromatic rings. The number of carbonyl (C=O) groups excluding carboxylic acids is 2. The highest BCUT2D eigenvalue weighted by molar-refractivity contribution is 5.94. The first-order chi connectivity index (χ1) is 11.5. The van der Waals surface area contributed by atoms with Gasteiger partial charge < -0.3 is 20.6 Å². The van der Waals surface area contributed by atoms with Crippen LogP contribution in [-0.4, -0.2) is 53.7 Å². The molecule has 3 amide bonds. The summed E-state index contributed by atoms with van der Waals surface area (Å²) in [4.78, 5) is 26.2. The number of rotatable bonds is 5. The lowest BCUT2D eigenvalue weighted by molar-refractivity contribution is 0.0708. The molecule has 0 spiro atoms. The van der Waals surface area contributed by atoms with E-state index in [1.807, 2.05) is 49.1 Å². The SMILES string of the molecule is CC(C)[C@@H](CO)NC(=O)NC1CCN(C(=O)c2ccccc2)CC1. The van der Waals surface area contributed by atoms with E-state index in [4.69, 9.17) is 0 Å². The third-order valence-electron chi connectivity index (χ3n) is 4.46. The van der Waals surface area contributed by atoms with Crippen molar-refractivity contribution in [3.05, 3.63) is 35.9 Å². The summed E-state index contributed by atoms with van der Waals surface area (Å²) in [6.45, 7) is 5.09. The zero-order chi connectivity index (χ0) is 17.5. The predicted molar refractivity (Wildman–Crippen MR) is 92.7 cm³/mol. The summed E-state index contributed by atoms with van der Waals surface area (Å²) >= 11 is 0. The summed E-state index contributed by atoms with van der Waals surface area (Å²) in [7, 11) is 0. The molecule has 132 valence electrons. The maximum Gasteiger partial charge on any atom is 0.315 e. The third kappa shape index (κ3) is 4.96. The van der Waals surface area contributed by atoms with Crippen LogP contribution in [0.3, 0.4) is 0 Å². The smallest absolute Gasteiger partial charge is 0.315 e. The van der Waals surface area contributed by atoms with Gasteiger partial charge in [0, 0.05) is 24.7 Å². The number of carbonyl (C=O) groups is 2. The molecule has 6 nitrogen and oxygen atoms in total. The Bertz CT molecular complexity index is 540. The number of nitrogens with one attached hydrogen (secondary N) is 2. The zero-order valence-electron chi connectivity index (χ0n) is 14.4. The summed E-state index contributed by atoms with van der Waals surface area (Å²) in [5, 5.41) is 15.0. The summed E-state index contributed by atoms with van der Waals surface area (Å²) in [6, 6.07) is 8.80. The van der Waals surface area contributed by atoms with Gasteiger partial charge in [0.1, 0.15) is 0 Å². The number of aliphatic hydroxyl groups is 1. The molecule has 6 heteroatoms. The highest BCUT2D eigenvalue weighted by atomic mass is 16.3. The fourth-order valence-corrected chi connectivity index (χ4v) is 2.81. The zero-order valence-corrected chi connectivity index (χ0v) is 14.4. The summed E-state index contributed by atoms with van der Waals surface area (Å²) in [5.41, 5.74) is 0.698. The highest BCUT2D eigenvalue weighted by Crippen LogP contribution is 2.14. The van der Waals surface area contributed by atoms with Crippen molar-refractivity contribution in [3.8, 4) is 0 Å². The second kappa shape index (κ2) is 8.68. The molecule has 1 aromatic carbocycles. The van der Waals surface area contributed by atoms with Crippen LogP contribution in [0.4, 0.5) is 4.79 Å². The molecular formula is C18H27N3O3. The average Bonchev–Trinajstić information content (AvgIpc) is 2.60. The molecule has 0 aromatic heterocycles. The van der Waals surface area contributed by atoms with Crippen LogP contribution in [0.5, 0.6) is 0 Å². The highest BCUT2D eigenvalue weighted by Gasteiger charge is 2.25. The van der Waals surface area contributed by atoms with E-state index in [0.29, 0.717) is 18.7 Å². The van der Waals surface area contributed by atoms with E-state index in [1.54, 1.807) is 0 Å². The van der Waals surface area contributed by atoms with E-state index in [9.17, 15) is 14.7 Å². The van der Waals surface area contributed by atoms with Crippen molar-refractivity contribution >= 4 is 11.9 Å².